The Hall–Kier alpha value is -8.89. The summed E-state index contributed by atoms with van der Waals surface area (Å²) in [6.45, 7) is 20.0. The van der Waals surface area contributed by atoms with Crippen LogP contribution in [0.15, 0.2) is 231 Å². The number of phenols is 1. The molecule has 6 heteroatoms. The van der Waals surface area contributed by atoms with Crippen molar-refractivity contribution >= 4 is 32.8 Å². The number of fused-ring (bicyclic) bond motifs is 4. The van der Waals surface area contributed by atoms with E-state index in [1.165, 1.54) is 16.3 Å². The fraction of sp³-hybridized carbons (Fsp3) is 0.165. The molecule has 0 fully saturated rings. The molecular formula is C79H69N4OPt-. The van der Waals surface area contributed by atoms with Gasteiger partial charge in [0.2, 0.25) is 0 Å². The van der Waals surface area contributed by atoms with Crippen molar-refractivity contribution < 1.29 is 26.2 Å². The molecule has 0 aliphatic rings. The predicted octanol–water partition coefficient (Wildman–Crippen LogP) is 20.8. The summed E-state index contributed by atoms with van der Waals surface area (Å²) < 4.78 is 4.58. The summed E-state index contributed by atoms with van der Waals surface area (Å²) in [5, 5.41) is 14.9. The molecule has 85 heavy (non-hydrogen) atoms. The molecule has 0 saturated carbocycles. The number of nitrogens with zero attached hydrogens (tertiary/aromatic N) is 4. The number of benzene rings is 10. The zero-order valence-corrected chi connectivity index (χ0v) is 52.3. The van der Waals surface area contributed by atoms with Crippen molar-refractivity contribution in [3.8, 4) is 101 Å². The van der Waals surface area contributed by atoms with Crippen molar-refractivity contribution in [1.82, 2.24) is 19.1 Å². The van der Waals surface area contributed by atoms with E-state index in [2.05, 4.69) is 309 Å². The van der Waals surface area contributed by atoms with Crippen molar-refractivity contribution in [1.29, 1.82) is 0 Å². The van der Waals surface area contributed by atoms with Gasteiger partial charge in [0.1, 0.15) is 11.6 Å². The van der Waals surface area contributed by atoms with Gasteiger partial charge in [-0.05, 0) is 108 Å². The Morgan fingerprint density at radius 3 is 1.65 bits per heavy atom. The molecule has 0 aliphatic carbocycles. The average Bonchev–Trinajstić information content (AvgIpc) is 1.79. The normalized spacial score (nSPS) is 12.1. The molecule has 13 rings (SSSR count). The van der Waals surface area contributed by atoms with Crippen molar-refractivity contribution in [3.05, 3.63) is 253 Å². The van der Waals surface area contributed by atoms with Gasteiger partial charge in [0, 0.05) is 67.6 Å². The largest absolute Gasteiger partial charge is 0.507 e. The quantitative estimate of drug-likeness (QED) is 0.147. The number of pyridine rings is 1. The number of para-hydroxylation sites is 3. The predicted molar refractivity (Wildman–Crippen MR) is 353 cm³/mol. The van der Waals surface area contributed by atoms with Gasteiger partial charge >= 0.3 is 0 Å². The van der Waals surface area contributed by atoms with Gasteiger partial charge in [-0.2, -0.15) is 0 Å². The third kappa shape index (κ3) is 10.4. The van der Waals surface area contributed by atoms with E-state index >= 15 is 0 Å². The van der Waals surface area contributed by atoms with E-state index in [0.717, 1.165) is 117 Å². The number of aromatic nitrogens is 4. The smallest absolute Gasteiger partial charge is 0.143 e. The number of imidazole rings is 1. The van der Waals surface area contributed by atoms with E-state index in [1.807, 2.05) is 6.20 Å². The minimum atomic E-state index is -0.338. The summed E-state index contributed by atoms with van der Waals surface area (Å²) in [7, 11) is 2.09. The number of rotatable bonds is 9. The van der Waals surface area contributed by atoms with Gasteiger partial charge in [0.15, 0.2) is 0 Å². The third-order valence-electron chi connectivity index (χ3n) is 16.8. The van der Waals surface area contributed by atoms with E-state index in [4.69, 9.17) is 9.97 Å². The van der Waals surface area contributed by atoms with Crippen LogP contribution in [0.3, 0.4) is 0 Å². The van der Waals surface area contributed by atoms with Crippen LogP contribution < -0.4 is 0 Å². The number of aryl methyl sites for hydroxylation is 1. The van der Waals surface area contributed by atoms with E-state index in [-0.39, 0.29) is 43.1 Å². The van der Waals surface area contributed by atoms with Crippen LogP contribution in [0.5, 0.6) is 5.75 Å². The number of hydrogen-bond donors (Lipinski definition) is 1. The fourth-order valence-electron chi connectivity index (χ4n) is 12.3. The molecule has 13 aromatic rings. The summed E-state index contributed by atoms with van der Waals surface area (Å²) in [5.41, 5.74) is 22.8. The van der Waals surface area contributed by atoms with Gasteiger partial charge in [-0.15, -0.1) is 23.8 Å². The van der Waals surface area contributed by atoms with Crippen LogP contribution in [-0.4, -0.2) is 24.2 Å². The van der Waals surface area contributed by atoms with Crippen LogP contribution >= 0.6 is 0 Å². The minimum Gasteiger partial charge on any atom is -0.507 e. The zero-order chi connectivity index (χ0) is 58.2. The van der Waals surface area contributed by atoms with Crippen LogP contribution in [0.1, 0.15) is 79.0 Å². The molecule has 10 aromatic carbocycles. The van der Waals surface area contributed by atoms with Crippen molar-refractivity contribution in [2.45, 2.75) is 78.6 Å². The summed E-state index contributed by atoms with van der Waals surface area (Å²) in [6.07, 6.45) is 1.94. The molecule has 0 saturated heterocycles. The topological polar surface area (TPSA) is 55.9 Å². The number of hydrogen-bond acceptors (Lipinski definition) is 3. The standard InChI is InChI=1S/C79H69N4O.Pt/c1-77(2,3)57-37-38-62(51-27-16-12-17-28-51)66(47-57)55-44-67(73-72(46-55)82(10)76(81-73)68-48-58(78(4,5)6)49-69(75(68)84)79(7,8)9)54-41-53(61-32-21-20-31-60(61)50-25-14-11-15-26-50)42-56(43-54)70-45-52(39-40-80-70)63-34-24-35-65-64-33-22-23-36-71(64)83(74(63)65)59-29-18-13-19-30-59;/h11-42,44-49,84H,1-10H3;/q-1;. The number of aromatic hydroxyl groups is 1. The molecule has 0 spiro atoms. The molecule has 0 amide bonds. The molecule has 0 unspecified atom stereocenters. The summed E-state index contributed by atoms with van der Waals surface area (Å²) in [4.78, 5) is 10.9. The fourth-order valence-corrected chi connectivity index (χ4v) is 12.3. The Labute approximate surface area is 514 Å². The van der Waals surface area contributed by atoms with Crippen molar-refractivity contribution in [2.24, 2.45) is 7.05 Å². The SMILES string of the molecule is Cn1c(-c2cc(C(C)(C)C)cc(C(C)(C)C)c2O)nc2c(-c3[c-]c(-c4cc(-c5cccc6c7ccccc7n(-c7ccccc7)c56)ccn4)cc(-c4ccccc4-c4ccccc4)c3)cc(-c3cc(C(C)(C)C)ccc3-c3ccccc3)cc21.[Pt]. The second-order valence-corrected chi connectivity index (χ2v) is 25.6. The van der Waals surface area contributed by atoms with Crippen molar-refractivity contribution in [3.63, 3.8) is 0 Å². The van der Waals surface area contributed by atoms with E-state index in [0.29, 0.717) is 11.4 Å². The van der Waals surface area contributed by atoms with Gasteiger partial charge in [-0.3, -0.25) is 4.98 Å². The molecule has 0 radical (unpaired) electrons. The molecule has 0 atom stereocenters. The Balaban J connectivity index is 0.00000709. The first kappa shape index (κ1) is 56.6. The Bertz CT molecular complexity index is 4670. The van der Waals surface area contributed by atoms with Crippen LogP contribution in [0.4, 0.5) is 0 Å². The monoisotopic (exact) mass is 1280 g/mol. The van der Waals surface area contributed by atoms with Crippen molar-refractivity contribution in [2.75, 3.05) is 0 Å². The maximum absolute atomic E-state index is 12.6. The first-order valence-electron chi connectivity index (χ1n) is 29.3. The Morgan fingerprint density at radius 2 is 0.976 bits per heavy atom. The second kappa shape index (κ2) is 21.9. The van der Waals surface area contributed by atoms with Gasteiger partial charge in [-0.25, -0.2) is 4.98 Å². The first-order chi connectivity index (χ1) is 40.4. The van der Waals surface area contributed by atoms with Gasteiger partial charge < -0.3 is 14.2 Å². The summed E-state index contributed by atoms with van der Waals surface area (Å²) in [5.74, 6) is 0.936. The van der Waals surface area contributed by atoms with E-state index in [1.54, 1.807) is 0 Å². The maximum atomic E-state index is 12.6. The summed E-state index contributed by atoms with van der Waals surface area (Å²) in [6, 6.07) is 84.9. The van der Waals surface area contributed by atoms with Crippen LogP contribution in [0.25, 0.3) is 128 Å². The summed E-state index contributed by atoms with van der Waals surface area (Å²) >= 11 is 0. The van der Waals surface area contributed by atoms with Crippen LogP contribution in [-0.2, 0) is 44.4 Å². The maximum Gasteiger partial charge on any atom is 0.143 e. The Kier molecular flexibility index (Phi) is 14.6. The van der Waals surface area contributed by atoms with Crippen LogP contribution in [0.2, 0.25) is 0 Å². The minimum absolute atomic E-state index is 0. The molecule has 422 valence electrons. The molecule has 0 aliphatic heterocycles. The second-order valence-electron chi connectivity index (χ2n) is 25.6. The zero-order valence-electron chi connectivity index (χ0n) is 50.0. The third-order valence-corrected chi connectivity index (χ3v) is 16.8. The molecular weight excluding hydrogens is 1220 g/mol. The van der Waals surface area contributed by atoms with E-state index < -0.39 is 0 Å². The van der Waals surface area contributed by atoms with Gasteiger partial charge in [-0.1, -0.05) is 255 Å². The van der Waals surface area contributed by atoms with E-state index in [9.17, 15) is 5.11 Å². The molecule has 1 N–H and O–H groups in total. The van der Waals surface area contributed by atoms with Gasteiger partial charge in [0.25, 0.3) is 0 Å². The first-order valence-corrected chi connectivity index (χ1v) is 29.3. The molecule has 5 nitrogen and oxygen atoms in total. The van der Waals surface area contributed by atoms with Crippen LogP contribution in [0, 0.1) is 6.07 Å². The molecule has 3 aromatic heterocycles. The average molecular weight is 1290 g/mol. The number of phenolic OH excluding ortho intramolecular Hbond substituents is 1. The molecule has 3 heterocycles. The Morgan fingerprint density at radius 1 is 0.412 bits per heavy atom. The molecule has 0 bridgehead atoms. The van der Waals surface area contributed by atoms with Gasteiger partial charge in [0.05, 0.1) is 27.6 Å².